The van der Waals surface area contributed by atoms with Gasteiger partial charge in [0.15, 0.2) is 0 Å². The number of ether oxygens (including phenoxy) is 1. The number of imidazole rings is 1. The highest BCUT2D eigenvalue weighted by Crippen LogP contribution is 2.33. The van der Waals surface area contributed by atoms with Crippen LogP contribution in [0.15, 0.2) is 30.5 Å². The lowest BCUT2D eigenvalue weighted by atomic mass is 9.96. The Hall–Kier alpha value is -2.17. The predicted octanol–water partition coefficient (Wildman–Crippen LogP) is 2.74. The molecule has 4 nitrogen and oxygen atoms in total. The third kappa shape index (κ3) is 1.99. The number of methoxy groups -OCH3 is 1. The van der Waals surface area contributed by atoms with Crippen molar-refractivity contribution in [2.45, 2.75) is 25.3 Å². The molecule has 0 N–H and O–H groups in total. The van der Waals surface area contributed by atoms with Gasteiger partial charge in [-0.3, -0.25) is 4.79 Å². The van der Waals surface area contributed by atoms with Gasteiger partial charge in [-0.2, -0.15) is 0 Å². The van der Waals surface area contributed by atoms with Gasteiger partial charge in [0.2, 0.25) is 0 Å². The molecule has 1 aromatic carbocycles. The van der Waals surface area contributed by atoms with Gasteiger partial charge in [0.25, 0.3) is 0 Å². The number of halogens is 1. The Kier molecular flexibility index (Phi) is 3.26. The molecule has 0 radical (unpaired) electrons. The fourth-order valence-electron chi connectivity index (χ4n) is 2.74. The topological polar surface area (TPSA) is 44.1 Å². The summed E-state index contributed by atoms with van der Waals surface area (Å²) in [5.74, 6) is -0.291. The number of fused-ring (bicyclic) bond motifs is 1. The molecule has 1 aromatic heterocycles. The molecule has 0 spiro atoms. The molecule has 20 heavy (non-hydrogen) atoms. The minimum Gasteiger partial charge on any atom is -0.469 e. The maximum atomic E-state index is 13.9. The molecule has 0 amide bonds. The number of esters is 1. The quantitative estimate of drug-likeness (QED) is 0.791. The zero-order valence-corrected chi connectivity index (χ0v) is 11.2. The molecular weight excluding hydrogens is 259 g/mol. The lowest BCUT2D eigenvalue weighted by Crippen LogP contribution is -2.23. The molecule has 5 heteroatoms. The largest absolute Gasteiger partial charge is 0.469 e. The van der Waals surface area contributed by atoms with E-state index in [1.165, 1.54) is 13.2 Å². The van der Waals surface area contributed by atoms with Gasteiger partial charge in [-0.25, -0.2) is 9.37 Å². The molecule has 1 aliphatic heterocycles. The van der Waals surface area contributed by atoms with E-state index in [0.717, 1.165) is 25.1 Å². The average molecular weight is 274 g/mol. The summed E-state index contributed by atoms with van der Waals surface area (Å²) >= 11 is 0. The standard InChI is InChI=1S/C15H15FN2O2/c1-20-15(19)11-6-4-8-18-13(11)9-17-14(18)10-5-2-3-7-12(10)16/h2-3,5,7,9,11H,4,6,8H2,1H3. The zero-order valence-electron chi connectivity index (χ0n) is 11.2. The molecular formula is C15H15FN2O2. The van der Waals surface area contributed by atoms with Crippen LogP contribution in [-0.2, 0) is 16.1 Å². The van der Waals surface area contributed by atoms with E-state index >= 15 is 0 Å². The van der Waals surface area contributed by atoms with Crippen molar-refractivity contribution < 1.29 is 13.9 Å². The number of carbonyl (C=O) groups is 1. The number of rotatable bonds is 2. The van der Waals surface area contributed by atoms with Crippen molar-refractivity contribution in [1.29, 1.82) is 0 Å². The van der Waals surface area contributed by atoms with Crippen molar-refractivity contribution in [1.82, 2.24) is 9.55 Å². The molecule has 104 valence electrons. The van der Waals surface area contributed by atoms with Gasteiger partial charge >= 0.3 is 5.97 Å². The second-order valence-electron chi connectivity index (χ2n) is 4.86. The first-order valence-electron chi connectivity index (χ1n) is 6.60. The summed E-state index contributed by atoms with van der Waals surface area (Å²) in [6.45, 7) is 0.743. The summed E-state index contributed by atoms with van der Waals surface area (Å²) in [5, 5.41) is 0. The minimum absolute atomic E-state index is 0.258. The maximum absolute atomic E-state index is 13.9. The summed E-state index contributed by atoms with van der Waals surface area (Å²) in [6, 6.07) is 6.54. The molecule has 1 aliphatic rings. The van der Waals surface area contributed by atoms with Crippen molar-refractivity contribution in [2.75, 3.05) is 7.11 Å². The van der Waals surface area contributed by atoms with Crippen LogP contribution < -0.4 is 0 Å². The van der Waals surface area contributed by atoms with Gasteiger partial charge in [0.1, 0.15) is 11.6 Å². The van der Waals surface area contributed by atoms with E-state index in [9.17, 15) is 9.18 Å². The summed E-state index contributed by atoms with van der Waals surface area (Å²) < 4.78 is 20.7. The minimum atomic E-state index is -0.305. The number of aromatic nitrogens is 2. The van der Waals surface area contributed by atoms with Crippen LogP contribution in [-0.4, -0.2) is 22.6 Å². The van der Waals surface area contributed by atoms with E-state index in [4.69, 9.17) is 4.74 Å². The van der Waals surface area contributed by atoms with Gasteiger partial charge < -0.3 is 9.30 Å². The second kappa shape index (κ2) is 5.07. The molecule has 2 heterocycles. The Morgan fingerprint density at radius 2 is 2.25 bits per heavy atom. The SMILES string of the molecule is COC(=O)C1CCCn2c1cnc2-c1ccccc1F. The monoisotopic (exact) mass is 274 g/mol. The Balaban J connectivity index is 2.07. The van der Waals surface area contributed by atoms with Crippen LogP contribution in [0.5, 0.6) is 0 Å². The first kappa shape index (κ1) is 12.8. The summed E-state index contributed by atoms with van der Waals surface area (Å²) in [5.41, 5.74) is 1.27. The third-order valence-electron chi connectivity index (χ3n) is 3.72. The normalized spacial score (nSPS) is 17.6. The zero-order chi connectivity index (χ0) is 14.1. The smallest absolute Gasteiger partial charge is 0.314 e. The number of nitrogens with zero attached hydrogens (tertiary/aromatic N) is 2. The van der Waals surface area contributed by atoms with E-state index in [1.807, 2.05) is 4.57 Å². The number of carbonyl (C=O) groups excluding carboxylic acids is 1. The molecule has 1 unspecified atom stereocenters. The van der Waals surface area contributed by atoms with Crippen molar-refractivity contribution >= 4 is 5.97 Å². The van der Waals surface area contributed by atoms with E-state index in [1.54, 1.807) is 24.4 Å². The highest BCUT2D eigenvalue weighted by molar-refractivity contribution is 5.78. The Bertz CT molecular complexity index is 651. The second-order valence-corrected chi connectivity index (χ2v) is 4.86. The van der Waals surface area contributed by atoms with Crippen LogP contribution in [0.4, 0.5) is 4.39 Å². The fourth-order valence-corrected chi connectivity index (χ4v) is 2.74. The van der Waals surface area contributed by atoms with Crippen LogP contribution >= 0.6 is 0 Å². The van der Waals surface area contributed by atoms with Crippen LogP contribution in [0, 0.1) is 5.82 Å². The highest BCUT2D eigenvalue weighted by Gasteiger charge is 2.30. The Morgan fingerprint density at radius 3 is 3.00 bits per heavy atom. The number of hydrogen-bond donors (Lipinski definition) is 0. The predicted molar refractivity (Wildman–Crippen MR) is 71.6 cm³/mol. The van der Waals surface area contributed by atoms with Crippen molar-refractivity contribution in [3.8, 4) is 11.4 Å². The van der Waals surface area contributed by atoms with Crippen molar-refractivity contribution in [2.24, 2.45) is 0 Å². The molecule has 0 saturated carbocycles. The molecule has 3 rings (SSSR count). The van der Waals surface area contributed by atoms with Gasteiger partial charge in [0, 0.05) is 12.7 Å². The van der Waals surface area contributed by atoms with E-state index in [2.05, 4.69) is 4.98 Å². The van der Waals surface area contributed by atoms with E-state index in [0.29, 0.717) is 11.4 Å². The molecule has 1 atom stereocenters. The first-order valence-corrected chi connectivity index (χ1v) is 6.60. The Labute approximate surface area is 116 Å². The lowest BCUT2D eigenvalue weighted by molar-refractivity contribution is -0.143. The van der Waals surface area contributed by atoms with Crippen LogP contribution in [0.2, 0.25) is 0 Å². The van der Waals surface area contributed by atoms with Crippen LogP contribution in [0.1, 0.15) is 24.5 Å². The summed E-state index contributed by atoms with van der Waals surface area (Å²) in [4.78, 5) is 16.1. The van der Waals surface area contributed by atoms with E-state index in [-0.39, 0.29) is 17.7 Å². The fraction of sp³-hybridized carbons (Fsp3) is 0.333. The summed E-state index contributed by atoms with van der Waals surface area (Å²) in [6.07, 6.45) is 3.25. The summed E-state index contributed by atoms with van der Waals surface area (Å²) in [7, 11) is 1.38. The molecule has 0 bridgehead atoms. The van der Waals surface area contributed by atoms with Crippen LogP contribution in [0.25, 0.3) is 11.4 Å². The van der Waals surface area contributed by atoms with Gasteiger partial charge in [-0.15, -0.1) is 0 Å². The van der Waals surface area contributed by atoms with Crippen LogP contribution in [0.3, 0.4) is 0 Å². The molecule has 0 saturated heterocycles. The first-order chi connectivity index (χ1) is 9.72. The average Bonchev–Trinajstić information content (AvgIpc) is 2.90. The van der Waals surface area contributed by atoms with Gasteiger partial charge in [-0.05, 0) is 25.0 Å². The lowest BCUT2D eigenvalue weighted by Gasteiger charge is -2.23. The molecule has 0 fully saturated rings. The number of benzene rings is 1. The number of hydrogen-bond acceptors (Lipinski definition) is 3. The van der Waals surface area contributed by atoms with E-state index < -0.39 is 0 Å². The molecule has 2 aromatic rings. The van der Waals surface area contributed by atoms with Gasteiger partial charge in [0.05, 0.1) is 24.3 Å². The van der Waals surface area contributed by atoms with Gasteiger partial charge in [-0.1, -0.05) is 12.1 Å². The highest BCUT2D eigenvalue weighted by atomic mass is 19.1. The molecule has 0 aliphatic carbocycles. The van der Waals surface area contributed by atoms with Crippen molar-refractivity contribution in [3.63, 3.8) is 0 Å². The third-order valence-corrected chi connectivity index (χ3v) is 3.72. The maximum Gasteiger partial charge on any atom is 0.314 e. The Morgan fingerprint density at radius 1 is 1.45 bits per heavy atom. The van der Waals surface area contributed by atoms with Crippen molar-refractivity contribution in [3.05, 3.63) is 42.0 Å².